The summed E-state index contributed by atoms with van der Waals surface area (Å²) in [4.78, 5) is 22.9. The van der Waals surface area contributed by atoms with E-state index < -0.39 is 0 Å². The van der Waals surface area contributed by atoms with Gasteiger partial charge in [0.05, 0.1) is 0 Å². The van der Waals surface area contributed by atoms with Crippen LogP contribution in [0.15, 0.2) is 24.3 Å². The zero-order valence-electron chi connectivity index (χ0n) is 12.4. The number of benzene rings is 1. The molecule has 0 aliphatic rings. The van der Waals surface area contributed by atoms with Crippen molar-refractivity contribution in [3.63, 3.8) is 0 Å². The van der Waals surface area contributed by atoms with Crippen molar-refractivity contribution >= 4 is 17.6 Å². The molecule has 0 saturated carbocycles. The summed E-state index contributed by atoms with van der Waals surface area (Å²) >= 11 is 0. The topological polar surface area (TPSA) is 55.4 Å². The number of esters is 1. The van der Waals surface area contributed by atoms with Gasteiger partial charge in [0, 0.05) is 12.1 Å². The van der Waals surface area contributed by atoms with Gasteiger partial charge in [-0.2, -0.15) is 0 Å². The maximum atomic E-state index is 11.6. The van der Waals surface area contributed by atoms with Gasteiger partial charge in [0.2, 0.25) is 0 Å². The van der Waals surface area contributed by atoms with Gasteiger partial charge in [-0.3, -0.25) is 9.59 Å². The minimum absolute atomic E-state index is 0.228. The maximum Gasteiger partial charge on any atom is 0.306 e. The Hall–Kier alpha value is -1.84. The molecule has 1 N–H and O–H groups in total. The van der Waals surface area contributed by atoms with Crippen LogP contribution in [0.4, 0.5) is 5.69 Å². The van der Waals surface area contributed by atoms with Gasteiger partial charge in [-0.1, -0.05) is 39.3 Å². The van der Waals surface area contributed by atoms with Crippen molar-refractivity contribution in [3.8, 4) is 0 Å². The van der Waals surface area contributed by atoms with Gasteiger partial charge in [0.1, 0.15) is 0 Å². The number of carbonyl (C=O) groups excluding carboxylic acids is 2. The van der Waals surface area contributed by atoms with Gasteiger partial charge in [-0.25, -0.2) is 0 Å². The molecule has 0 aliphatic heterocycles. The number of rotatable bonds is 7. The van der Waals surface area contributed by atoms with Crippen LogP contribution in [0.1, 0.15) is 51.5 Å². The fraction of sp³-hybridized carbons (Fsp3) is 0.500. The number of hydrogen-bond acceptors (Lipinski definition) is 3. The fourth-order valence-electron chi connectivity index (χ4n) is 1.69. The van der Waals surface area contributed by atoms with Crippen LogP contribution in [-0.2, 0) is 14.3 Å². The Morgan fingerprint density at radius 2 is 1.85 bits per heavy atom. The van der Waals surface area contributed by atoms with Gasteiger partial charge in [-0.15, -0.1) is 0 Å². The highest BCUT2D eigenvalue weighted by atomic mass is 16.5. The largest absolute Gasteiger partial charge is 0.456 e. The lowest BCUT2D eigenvalue weighted by molar-refractivity contribution is -0.147. The summed E-state index contributed by atoms with van der Waals surface area (Å²) in [6.07, 6.45) is 2.09. The minimum atomic E-state index is -0.322. The van der Waals surface area contributed by atoms with E-state index in [0.29, 0.717) is 18.0 Å². The predicted molar refractivity (Wildman–Crippen MR) is 79.6 cm³/mol. The normalized spacial score (nSPS) is 10.4. The molecule has 0 spiro atoms. The lowest BCUT2D eigenvalue weighted by Crippen LogP contribution is -2.20. The summed E-state index contributed by atoms with van der Waals surface area (Å²) in [6.45, 7) is 6.00. The van der Waals surface area contributed by atoms with E-state index in [4.69, 9.17) is 4.74 Å². The van der Waals surface area contributed by atoms with Crippen LogP contribution in [-0.4, -0.2) is 18.5 Å². The third-order valence-corrected chi connectivity index (χ3v) is 2.96. The first-order chi connectivity index (χ1) is 9.52. The molecule has 0 aliphatic carbocycles. The monoisotopic (exact) mass is 277 g/mol. The Morgan fingerprint density at radius 1 is 1.20 bits per heavy atom. The van der Waals surface area contributed by atoms with Crippen LogP contribution >= 0.6 is 0 Å². The van der Waals surface area contributed by atoms with Crippen LogP contribution in [0.2, 0.25) is 0 Å². The Labute approximate surface area is 120 Å². The number of ether oxygens (including phenoxy) is 1. The van der Waals surface area contributed by atoms with Crippen LogP contribution in [0.25, 0.3) is 0 Å². The molecule has 110 valence electrons. The summed E-state index contributed by atoms with van der Waals surface area (Å²) in [5.41, 5.74) is 1.93. The third-order valence-electron chi connectivity index (χ3n) is 2.96. The van der Waals surface area contributed by atoms with Crippen molar-refractivity contribution in [1.82, 2.24) is 0 Å². The first-order valence-electron chi connectivity index (χ1n) is 7.08. The molecule has 1 aromatic rings. The van der Waals surface area contributed by atoms with E-state index in [1.165, 1.54) is 5.56 Å². The van der Waals surface area contributed by atoms with E-state index in [0.717, 1.165) is 12.8 Å². The number of nitrogens with one attached hydrogen (secondary N) is 1. The van der Waals surface area contributed by atoms with E-state index in [1.54, 1.807) is 0 Å². The second kappa shape index (κ2) is 8.35. The Morgan fingerprint density at radius 3 is 2.40 bits per heavy atom. The SMILES string of the molecule is CCCCC(=O)OCC(=O)Nc1ccc(C(C)C)cc1. The summed E-state index contributed by atoms with van der Waals surface area (Å²) in [5, 5.41) is 2.70. The fourth-order valence-corrected chi connectivity index (χ4v) is 1.69. The molecular formula is C16H23NO3. The Balaban J connectivity index is 2.36. The van der Waals surface area contributed by atoms with Gasteiger partial charge in [-0.05, 0) is 30.0 Å². The lowest BCUT2D eigenvalue weighted by Gasteiger charge is -2.09. The molecule has 4 nitrogen and oxygen atoms in total. The highest BCUT2D eigenvalue weighted by Crippen LogP contribution is 2.16. The van der Waals surface area contributed by atoms with E-state index in [1.807, 2.05) is 31.2 Å². The second-order valence-corrected chi connectivity index (χ2v) is 5.09. The third kappa shape index (κ3) is 5.87. The maximum absolute atomic E-state index is 11.6. The van der Waals surface area contributed by atoms with Crippen molar-refractivity contribution in [2.45, 2.75) is 46.0 Å². The molecule has 20 heavy (non-hydrogen) atoms. The molecule has 1 rings (SSSR count). The summed E-state index contributed by atoms with van der Waals surface area (Å²) in [7, 11) is 0. The quantitative estimate of drug-likeness (QED) is 0.776. The standard InChI is InChI=1S/C16H23NO3/c1-4-5-6-16(19)20-11-15(18)17-14-9-7-13(8-10-14)12(2)3/h7-10,12H,4-6,11H2,1-3H3,(H,17,18). The smallest absolute Gasteiger partial charge is 0.306 e. The molecular weight excluding hydrogens is 254 g/mol. The molecule has 0 aromatic heterocycles. The Bertz CT molecular complexity index is 438. The molecule has 0 atom stereocenters. The Kier molecular flexibility index (Phi) is 6.77. The highest BCUT2D eigenvalue weighted by Gasteiger charge is 2.07. The molecule has 4 heteroatoms. The summed E-state index contributed by atoms with van der Waals surface area (Å²) in [5.74, 6) is -0.177. The van der Waals surface area contributed by atoms with E-state index >= 15 is 0 Å². The van der Waals surface area contributed by atoms with Crippen molar-refractivity contribution in [2.75, 3.05) is 11.9 Å². The van der Waals surface area contributed by atoms with E-state index in [9.17, 15) is 9.59 Å². The van der Waals surface area contributed by atoms with Crippen molar-refractivity contribution < 1.29 is 14.3 Å². The first-order valence-corrected chi connectivity index (χ1v) is 7.08. The van der Waals surface area contributed by atoms with Gasteiger partial charge >= 0.3 is 5.97 Å². The van der Waals surface area contributed by atoms with Crippen LogP contribution < -0.4 is 5.32 Å². The second-order valence-electron chi connectivity index (χ2n) is 5.09. The number of amides is 1. The summed E-state index contributed by atoms with van der Waals surface area (Å²) in [6, 6.07) is 7.67. The van der Waals surface area contributed by atoms with Crippen LogP contribution in [0.3, 0.4) is 0 Å². The van der Waals surface area contributed by atoms with Crippen molar-refractivity contribution in [2.24, 2.45) is 0 Å². The molecule has 0 bridgehead atoms. The predicted octanol–water partition coefficient (Wildman–Crippen LogP) is 3.48. The number of anilines is 1. The van der Waals surface area contributed by atoms with Crippen molar-refractivity contribution in [3.05, 3.63) is 29.8 Å². The van der Waals surface area contributed by atoms with Gasteiger partial charge < -0.3 is 10.1 Å². The number of carbonyl (C=O) groups is 2. The van der Waals surface area contributed by atoms with E-state index in [2.05, 4.69) is 19.2 Å². The average Bonchev–Trinajstić information content (AvgIpc) is 2.43. The van der Waals surface area contributed by atoms with E-state index in [-0.39, 0.29) is 18.5 Å². The minimum Gasteiger partial charge on any atom is -0.456 e. The summed E-state index contributed by atoms with van der Waals surface area (Å²) < 4.78 is 4.89. The molecule has 0 heterocycles. The molecule has 1 aromatic carbocycles. The van der Waals surface area contributed by atoms with Crippen LogP contribution in [0.5, 0.6) is 0 Å². The lowest BCUT2D eigenvalue weighted by atomic mass is 10.0. The molecule has 0 unspecified atom stereocenters. The number of hydrogen-bond donors (Lipinski definition) is 1. The molecule has 1 amide bonds. The van der Waals surface area contributed by atoms with Crippen LogP contribution in [0, 0.1) is 0 Å². The zero-order chi connectivity index (χ0) is 15.0. The molecule has 0 saturated heterocycles. The molecule has 0 fully saturated rings. The van der Waals surface area contributed by atoms with Gasteiger partial charge in [0.25, 0.3) is 5.91 Å². The average molecular weight is 277 g/mol. The van der Waals surface area contributed by atoms with Gasteiger partial charge in [0.15, 0.2) is 6.61 Å². The number of unbranched alkanes of at least 4 members (excludes halogenated alkanes) is 1. The molecule has 0 radical (unpaired) electrons. The highest BCUT2D eigenvalue weighted by molar-refractivity contribution is 5.92. The van der Waals surface area contributed by atoms with Crippen molar-refractivity contribution in [1.29, 1.82) is 0 Å². The zero-order valence-corrected chi connectivity index (χ0v) is 12.4. The first kappa shape index (κ1) is 16.2.